The average Bonchev–Trinajstić information content (AvgIpc) is 2.98. The highest BCUT2D eigenvalue weighted by Gasteiger charge is 2.39. The molecule has 0 aromatic heterocycles. The quantitative estimate of drug-likeness (QED) is 0.669. The van der Waals surface area contributed by atoms with Gasteiger partial charge in [0.15, 0.2) is 0 Å². The maximum atomic E-state index is 13.0. The van der Waals surface area contributed by atoms with Crippen LogP contribution >= 0.6 is 0 Å². The maximum Gasteiger partial charge on any atom is 0.255 e. The molecule has 2 N–H and O–H groups in total. The lowest BCUT2D eigenvalue weighted by Crippen LogP contribution is -2.61. The summed E-state index contributed by atoms with van der Waals surface area (Å²) < 4.78 is 0. The predicted octanol–water partition coefficient (Wildman–Crippen LogP) is -0.463. The van der Waals surface area contributed by atoms with Crippen LogP contribution in [0, 0.1) is 0 Å². The summed E-state index contributed by atoms with van der Waals surface area (Å²) in [5.74, 6) is -0.716. The third-order valence-electron chi connectivity index (χ3n) is 6.68. The van der Waals surface area contributed by atoms with Gasteiger partial charge >= 0.3 is 0 Å². The van der Waals surface area contributed by atoms with Crippen LogP contribution in [0.3, 0.4) is 0 Å². The molecule has 0 aliphatic carbocycles. The first-order valence-corrected chi connectivity index (χ1v) is 10.5. The van der Waals surface area contributed by atoms with Crippen LogP contribution in [0.25, 0.3) is 0 Å². The largest absolute Gasteiger partial charge is 0.322 e. The lowest BCUT2D eigenvalue weighted by molar-refractivity contribution is -0.136. The number of piperazine rings is 1. The van der Waals surface area contributed by atoms with E-state index in [2.05, 4.69) is 26.5 Å². The number of hydrogen-bond donors (Lipinski definition) is 2. The minimum Gasteiger partial charge on any atom is -0.322 e. The summed E-state index contributed by atoms with van der Waals surface area (Å²) >= 11 is 0. The van der Waals surface area contributed by atoms with Crippen LogP contribution < -0.4 is 10.6 Å². The van der Waals surface area contributed by atoms with Crippen molar-refractivity contribution in [1.29, 1.82) is 0 Å². The fraction of sp³-hybridized carbons (Fsp3) is 0.571. The van der Waals surface area contributed by atoms with Crippen molar-refractivity contribution in [2.24, 2.45) is 0 Å². The first kappa shape index (κ1) is 18.7. The Balaban J connectivity index is 1.22. The number of amides is 3. The first-order valence-electron chi connectivity index (χ1n) is 10.5. The Bertz CT molecular complexity index is 845. The van der Waals surface area contributed by atoms with Crippen molar-refractivity contribution in [3.63, 3.8) is 0 Å². The molecule has 3 saturated heterocycles. The van der Waals surface area contributed by atoms with Gasteiger partial charge in [0.2, 0.25) is 11.8 Å². The fourth-order valence-electron chi connectivity index (χ4n) is 4.78. The number of carbonyl (C=O) groups is 3. The van der Waals surface area contributed by atoms with Crippen molar-refractivity contribution < 1.29 is 14.4 Å². The van der Waals surface area contributed by atoms with Crippen LogP contribution in [0.5, 0.6) is 0 Å². The molecular weight excluding hydrogens is 370 g/mol. The summed E-state index contributed by atoms with van der Waals surface area (Å²) in [5.41, 5.74) is 2.80. The van der Waals surface area contributed by atoms with Gasteiger partial charge in [-0.15, -0.1) is 0 Å². The highest BCUT2D eigenvalue weighted by Crippen LogP contribution is 2.28. The van der Waals surface area contributed by atoms with E-state index in [1.54, 1.807) is 4.90 Å². The molecule has 5 rings (SSSR count). The highest BCUT2D eigenvalue weighted by atomic mass is 16.2. The molecule has 0 saturated carbocycles. The molecule has 1 unspecified atom stereocenters. The molecule has 8 nitrogen and oxygen atoms in total. The number of rotatable bonds is 4. The number of hydrogen-bond acceptors (Lipinski definition) is 6. The zero-order valence-corrected chi connectivity index (χ0v) is 16.5. The Hall–Kier alpha value is -2.29. The molecule has 4 aliphatic rings. The second kappa shape index (κ2) is 7.51. The summed E-state index contributed by atoms with van der Waals surface area (Å²) in [7, 11) is 0. The lowest BCUT2D eigenvalue weighted by atomic mass is 10.0. The van der Waals surface area contributed by atoms with Crippen LogP contribution in [0.2, 0.25) is 0 Å². The zero-order valence-electron chi connectivity index (χ0n) is 16.5. The van der Waals surface area contributed by atoms with Crippen LogP contribution in [0.1, 0.15) is 34.3 Å². The summed E-state index contributed by atoms with van der Waals surface area (Å²) in [6.45, 7) is 7.78. The van der Waals surface area contributed by atoms with E-state index in [0.29, 0.717) is 24.6 Å². The molecule has 0 radical (unpaired) electrons. The van der Waals surface area contributed by atoms with Gasteiger partial charge in [-0.1, -0.05) is 12.1 Å². The molecule has 4 heterocycles. The SMILES string of the molecule is O=C1CCC(N2Cc3ccc(CN4CCN(C5CNC5)CC4)cc3C2=O)C(=O)N1. The molecule has 8 heteroatoms. The van der Waals surface area contributed by atoms with E-state index in [1.165, 1.54) is 0 Å². The van der Waals surface area contributed by atoms with E-state index < -0.39 is 6.04 Å². The van der Waals surface area contributed by atoms with E-state index in [0.717, 1.165) is 56.9 Å². The second-order valence-corrected chi connectivity index (χ2v) is 8.52. The number of benzene rings is 1. The summed E-state index contributed by atoms with van der Waals surface area (Å²) in [4.78, 5) is 43.2. The molecule has 0 bridgehead atoms. The molecular formula is C21H27N5O3. The standard InChI is InChI=1S/C21H27N5O3/c27-19-4-3-18(20(28)23-19)26-13-15-2-1-14(9-17(15)21(26)29)12-24-5-7-25(8-6-24)16-10-22-11-16/h1-2,9,16,18,22H,3-8,10-13H2,(H,23,27,28). The number of piperidine rings is 1. The average molecular weight is 397 g/mol. The third kappa shape index (κ3) is 3.56. The molecule has 3 fully saturated rings. The molecule has 0 spiro atoms. The van der Waals surface area contributed by atoms with E-state index in [1.807, 2.05) is 12.1 Å². The molecule has 154 valence electrons. The van der Waals surface area contributed by atoms with Crippen LogP contribution in [-0.2, 0) is 22.7 Å². The van der Waals surface area contributed by atoms with Gasteiger partial charge in [0.05, 0.1) is 0 Å². The molecule has 1 aromatic carbocycles. The zero-order chi connectivity index (χ0) is 20.0. The van der Waals surface area contributed by atoms with Crippen molar-refractivity contribution >= 4 is 17.7 Å². The van der Waals surface area contributed by atoms with E-state index in [9.17, 15) is 14.4 Å². The number of fused-ring (bicyclic) bond motifs is 1. The van der Waals surface area contributed by atoms with Crippen LogP contribution in [0.4, 0.5) is 0 Å². The van der Waals surface area contributed by atoms with Crippen molar-refractivity contribution in [2.75, 3.05) is 39.3 Å². The fourth-order valence-corrected chi connectivity index (χ4v) is 4.78. The molecule has 3 amide bonds. The smallest absolute Gasteiger partial charge is 0.255 e. The summed E-state index contributed by atoms with van der Waals surface area (Å²) in [6.07, 6.45) is 0.683. The normalized spacial score (nSPS) is 26.4. The van der Waals surface area contributed by atoms with Crippen LogP contribution in [0.15, 0.2) is 18.2 Å². The molecule has 1 aromatic rings. The van der Waals surface area contributed by atoms with Crippen molar-refractivity contribution in [3.05, 3.63) is 34.9 Å². The Morgan fingerprint density at radius 2 is 1.83 bits per heavy atom. The Morgan fingerprint density at radius 3 is 2.52 bits per heavy atom. The second-order valence-electron chi connectivity index (χ2n) is 8.52. The maximum absolute atomic E-state index is 13.0. The van der Waals surface area contributed by atoms with E-state index >= 15 is 0 Å². The Morgan fingerprint density at radius 1 is 1.03 bits per heavy atom. The molecule has 4 aliphatic heterocycles. The third-order valence-corrected chi connectivity index (χ3v) is 6.68. The van der Waals surface area contributed by atoms with Crippen molar-refractivity contribution in [2.45, 2.75) is 38.0 Å². The summed E-state index contributed by atoms with van der Waals surface area (Å²) in [5, 5.41) is 5.69. The van der Waals surface area contributed by atoms with Crippen molar-refractivity contribution in [3.8, 4) is 0 Å². The topological polar surface area (TPSA) is 85.0 Å². The van der Waals surface area contributed by atoms with E-state index in [4.69, 9.17) is 0 Å². The van der Waals surface area contributed by atoms with Gasteiger partial charge < -0.3 is 10.2 Å². The number of imide groups is 1. The van der Waals surface area contributed by atoms with Gasteiger partial charge in [0, 0.05) is 70.4 Å². The van der Waals surface area contributed by atoms with Crippen molar-refractivity contribution in [1.82, 2.24) is 25.3 Å². The Kier molecular flexibility index (Phi) is 4.85. The van der Waals surface area contributed by atoms with Gasteiger partial charge in [-0.3, -0.25) is 29.5 Å². The highest BCUT2D eigenvalue weighted by molar-refractivity contribution is 6.05. The van der Waals surface area contributed by atoms with Gasteiger partial charge in [-0.05, 0) is 23.6 Å². The van der Waals surface area contributed by atoms with Gasteiger partial charge in [0.1, 0.15) is 6.04 Å². The number of carbonyl (C=O) groups excluding carboxylic acids is 3. The first-order chi connectivity index (χ1) is 14.1. The molecule has 1 atom stereocenters. The van der Waals surface area contributed by atoms with Gasteiger partial charge in [0.25, 0.3) is 5.91 Å². The van der Waals surface area contributed by atoms with Gasteiger partial charge in [-0.2, -0.15) is 0 Å². The summed E-state index contributed by atoms with van der Waals surface area (Å²) in [6, 6.07) is 6.26. The minimum absolute atomic E-state index is 0.0985. The monoisotopic (exact) mass is 397 g/mol. The lowest BCUT2D eigenvalue weighted by Gasteiger charge is -2.43. The molecule has 29 heavy (non-hydrogen) atoms. The Labute approximate surface area is 170 Å². The predicted molar refractivity (Wildman–Crippen MR) is 106 cm³/mol. The van der Waals surface area contributed by atoms with Gasteiger partial charge in [-0.25, -0.2) is 0 Å². The number of nitrogens with zero attached hydrogens (tertiary/aromatic N) is 3. The van der Waals surface area contributed by atoms with Crippen LogP contribution in [-0.4, -0.2) is 83.8 Å². The van der Waals surface area contributed by atoms with E-state index in [-0.39, 0.29) is 24.1 Å². The number of nitrogens with one attached hydrogen (secondary N) is 2. The minimum atomic E-state index is -0.551.